The topological polar surface area (TPSA) is 123 Å². The molecule has 0 amide bonds. The molecular formula is C14H15N5O4. The van der Waals surface area contributed by atoms with Crippen LogP contribution in [-0.4, -0.2) is 33.9 Å². The van der Waals surface area contributed by atoms with E-state index in [2.05, 4.69) is 20.7 Å². The molecule has 0 aliphatic carbocycles. The quantitative estimate of drug-likeness (QED) is 0.364. The van der Waals surface area contributed by atoms with Crippen LogP contribution in [0.3, 0.4) is 0 Å². The molecule has 1 heterocycles. The van der Waals surface area contributed by atoms with Crippen molar-refractivity contribution in [3.8, 4) is 0 Å². The van der Waals surface area contributed by atoms with Gasteiger partial charge < -0.3 is 4.74 Å². The number of esters is 1. The predicted octanol–water partition coefficient (Wildman–Crippen LogP) is 2.25. The van der Waals surface area contributed by atoms with E-state index in [0.717, 1.165) is 0 Å². The molecule has 0 unspecified atom stereocenters. The van der Waals surface area contributed by atoms with Crippen LogP contribution in [0.25, 0.3) is 0 Å². The second-order valence-electron chi connectivity index (χ2n) is 4.48. The van der Waals surface area contributed by atoms with Crippen molar-refractivity contribution in [1.82, 2.24) is 10.2 Å². The number of hydrogen-bond acceptors (Lipinski definition) is 7. The highest BCUT2D eigenvalue weighted by Gasteiger charge is 2.19. The second-order valence-corrected chi connectivity index (χ2v) is 4.48. The molecule has 0 aliphatic rings. The Balaban J connectivity index is 2.19. The zero-order valence-electron chi connectivity index (χ0n) is 12.6. The number of aromatic amines is 1. The largest absolute Gasteiger partial charge is 0.462 e. The number of hydrogen-bond donors (Lipinski definition) is 2. The number of carbonyl (C=O) groups is 1. The van der Waals surface area contributed by atoms with E-state index in [4.69, 9.17) is 4.74 Å². The third-order valence-electron chi connectivity index (χ3n) is 2.93. The fourth-order valence-electron chi connectivity index (χ4n) is 1.89. The molecule has 0 saturated carbocycles. The van der Waals surface area contributed by atoms with Gasteiger partial charge in [0, 0.05) is 11.8 Å². The summed E-state index contributed by atoms with van der Waals surface area (Å²) in [4.78, 5) is 22.3. The molecule has 0 atom stereocenters. The summed E-state index contributed by atoms with van der Waals surface area (Å²) >= 11 is 0. The standard InChI is InChI=1S/C14H15N5O4/c1-3-23-14(20)12-9(2)16-18-13(12)17-15-8-10-6-4-5-7-11(10)19(21)22/h4-8H,3H2,1-2H3,(H2,16,17,18)/b15-8+. The van der Waals surface area contributed by atoms with Gasteiger partial charge in [-0.25, -0.2) is 4.79 Å². The Hall–Kier alpha value is -3.23. The highest BCUT2D eigenvalue weighted by molar-refractivity contribution is 5.96. The summed E-state index contributed by atoms with van der Waals surface area (Å²) in [6.45, 7) is 3.62. The number of aryl methyl sites for hydroxylation is 1. The third-order valence-corrected chi connectivity index (χ3v) is 2.93. The van der Waals surface area contributed by atoms with Crippen molar-refractivity contribution >= 4 is 23.7 Å². The van der Waals surface area contributed by atoms with Crippen molar-refractivity contribution in [1.29, 1.82) is 0 Å². The Morgan fingerprint density at radius 3 is 2.96 bits per heavy atom. The number of anilines is 1. The Kier molecular flexibility index (Phi) is 5.03. The van der Waals surface area contributed by atoms with Gasteiger partial charge in [0.05, 0.1) is 23.3 Å². The van der Waals surface area contributed by atoms with Crippen LogP contribution in [0, 0.1) is 17.0 Å². The lowest BCUT2D eigenvalue weighted by molar-refractivity contribution is -0.385. The maximum Gasteiger partial charge on any atom is 0.343 e. The lowest BCUT2D eigenvalue weighted by atomic mass is 10.2. The van der Waals surface area contributed by atoms with Crippen LogP contribution in [-0.2, 0) is 4.74 Å². The summed E-state index contributed by atoms with van der Waals surface area (Å²) in [6.07, 6.45) is 1.29. The number of carbonyl (C=O) groups excluding carboxylic acids is 1. The number of ether oxygens (including phenoxy) is 1. The van der Waals surface area contributed by atoms with Crippen LogP contribution in [0.1, 0.15) is 28.5 Å². The minimum atomic E-state index is -0.526. The lowest BCUT2D eigenvalue weighted by Crippen LogP contribution is -2.08. The smallest absolute Gasteiger partial charge is 0.343 e. The Morgan fingerprint density at radius 2 is 2.26 bits per heavy atom. The molecule has 0 fully saturated rings. The maximum absolute atomic E-state index is 11.9. The highest BCUT2D eigenvalue weighted by Crippen LogP contribution is 2.18. The molecule has 0 aliphatic heterocycles. The van der Waals surface area contributed by atoms with Gasteiger partial charge in [0.25, 0.3) is 5.69 Å². The summed E-state index contributed by atoms with van der Waals surface area (Å²) in [5.41, 5.74) is 3.63. The van der Waals surface area contributed by atoms with Gasteiger partial charge in [-0.05, 0) is 19.9 Å². The molecule has 9 nitrogen and oxygen atoms in total. The number of benzene rings is 1. The molecule has 1 aromatic heterocycles. The highest BCUT2D eigenvalue weighted by atomic mass is 16.6. The number of hydrazone groups is 1. The van der Waals surface area contributed by atoms with Crippen molar-refractivity contribution in [3.63, 3.8) is 0 Å². The number of nitrogens with one attached hydrogen (secondary N) is 2. The number of aromatic nitrogens is 2. The first kappa shape index (κ1) is 16.1. The molecule has 23 heavy (non-hydrogen) atoms. The van der Waals surface area contributed by atoms with E-state index in [1.165, 1.54) is 12.3 Å². The molecule has 0 spiro atoms. The number of rotatable bonds is 6. The molecule has 1 aromatic carbocycles. The van der Waals surface area contributed by atoms with Crippen molar-refractivity contribution in [3.05, 3.63) is 51.2 Å². The summed E-state index contributed by atoms with van der Waals surface area (Å²) in [5, 5.41) is 21.4. The van der Waals surface area contributed by atoms with Gasteiger partial charge in [0.15, 0.2) is 5.82 Å². The Labute approximate surface area is 131 Å². The summed E-state index contributed by atoms with van der Waals surface area (Å²) in [6, 6.07) is 6.17. The van der Waals surface area contributed by atoms with E-state index in [0.29, 0.717) is 11.3 Å². The molecule has 0 saturated heterocycles. The molecule has 2 aromatic rings. The predicted molar refractivity (Wildman–Crippen MR) is 83.6 cm³/mol. The number of nitro groups is 1. The minimum absolute atomic E-state index is 0.0677. The molecule has 0 radical (unpaired) electrons. The minimum Gasteiger partial charge on any atom is -0.462 e. The van der Waals surface area contributed by atoms with Gasteiger partial charge in [0.2, 0.25) is 0 Å². The SMILES string of the molecule is CCOC(=O)c1c(N/N=C/c2ccccc2[N+](=O)[O-])n[nH]c1C. The number of nitrogens with zero attached hydrogens (tertiary/aromatic N) is 3. The van der Waals surface area contributed by atoms with Crippen LogP contribution in [0.2, 0.25) is 0 Å². The van der Waals surface area contributed by atoms with E-state index >= 15 is 0 Å². The number of para-hydroxylation sites is 1. The van der Waals surface area contributed by atoms with Gasteiger partial charge in [-0.15, -0.1) is 0 Å². The van der Waals surface area contributed by atoms with E-state index < -0.39 is 10.9 Å². The first-order valence-electron chi connectivity index (χ1n) is 6.79. The van der Waals surface area contributed by atoms with Crippen LogP contribution in [0.4, 0.5) is 11.5 Å². The Morgan fingerprint density at radius 1 is 1.52 bits per heavy atom. The third kappa shape index (κ3) is 3.70. The monoisotopic (exact) mass is 317 g/mol. The van der Waals surface area contributed by atoms with Crippen LogP contribution in [0.5, 0.6) is 0 Å². The number of H-pyrrole nitrogens is 1. The first-order chi connectivity index (χ1) is 11.0. The van der Waals surface area contributed by atoms with Crippen molar-refractivity contribution < 1.29 is 14.5 Å². The second kappa shape index (κ2) is 7.16. The first-order valence-corrected chi connectivity index (χ1v) is 6.79. The van der Waals surface area contributed by atoms with Gasteiger partial charge in [-0.1, -0.05) is 12.1 Å². The molecular weight excluding hydrogens is 302 g/mol. The fraction of sp³-hybridized carbons (Fsp3) is 0.214. The van der Waals surface area contributed by atoms with Gasteiger partial charge in [-0.3, -0.25) is 20.6 Å². The van der Waals surface area contributed by atoms with Gasteiger partial charge in [0.1, 0.15) is 5.56 Å². The zero-order chi connectivity index (χ0) is 16.8. The average molecular weight is 317 g/mol. The van der Waals surface area contributed by atoms with Crippen LogP contribution >= 0.6 is 0 Å². The number of nitro benzene ring substituents is 1. The molecule has 0 bridgehead atoms. The maximum atomic E-state index is 11.9. The summed E-state index contributed by atoms with van der Waals surface area (Å²) < 4.78 is 4.94. The normalized spacial score (nSPS) is 10.7. The molecule has 2 rings (SSSR count). The molecule has 9 heteroatoms. The van der Waals surface area contributed by atoms with Crippen LogP contribution in [0.15, 0.2) is 29.4 Å². The van der Waals surface area contributed by atoms with Gasteiger partial charge >= 0.3 is 5.97 Å². The summed E-state index contributed by atoms with van der Waals surface area (Å²) in [7, 11) is 0. The molecule has 2 N–H and O–H groups in total. The van der Waals surface area contributed by atoms with E-state index in [-0.39, 0.29) is 23.7 Å². The van der Waals surface area contributed by atoms with Crippen LogP contribution < -0.4 is 5.43 Å². The van der Waals surface area contributed by atoms with Crippen molar-refractivity contribution in [2.24, 2.45) is 5.10 Å². The fourth-order valence-corrected chi connectivity index (χ4v) is 1.89. The van der Waals surface area contributed by atoms with Gasteiger partial charge in [-0.2, -0.15) is 10.2 Å². The lowest BCUT2D eigenvalue weighted by Gasteiger charge is -2.02. The van der Waals surface area contributed by atoms with Crippen molar-refractivity contribution in [2.75, 3.05) is 12.0 Å². The van der Waals surface area contributed by atoms with E-state index in [9.17, 15) is 14.9 Å². The Bertz CT molecular complexity index is 753. The summed E-state index contributed by atoms with van der Waals surface area (Å²) in [5.74, 6) is -0.335. The van der Waals surface area contributed by atoms with Crippen molar-refractivity contribution in [2.45, 2.75) is 13.8 Å². The van der Waals surface area contributed by atoms with E-state index in [1.807, 2.05) is 0 Å². The molecule has 120 valence electrons. The zero-order valence-corrected chi connectivity index (χ0v) is 12.6. The average Bonchev–Trinajstić information content (AvgIpc) is 2.89. The van der Waals surface area contributed by atoms with E-state index in [1.54, 1.807) is 32.0 Å².